The summed E-state index contributed by atoms with van der Waals surface area (Å²) >= 11 is 2.11. The lowest BCUT2D eigenvalue weighted by atomic mass is 10.4. The Balaban J connectivity index is 3.14. The number of pyridine rings is 1. The molecular weight excluding hydrogens is 243 g/mol. The molecule has 0 aliphatic heterocycles. The van der Waals surface area contributed by atoms with Crippen LogP contribution in [0.5, 0.6) is 5.75 Å². The van der Waals surface area contributed by atoms with Crippen molar-refractivity contribution in [1.82, 2.24) is 4.98 Å². The van der Waals surface area contributed by atoms with Gasteiger partial charge in [-0.2, -0.15) is 0 Å². The minimum atomic E-state index is 0.631. The van der Waals surface area contributed by atoms with Crippen molar-refractivity contribution in [2.24, 2.45) is 0 Å². The lowest BCUT2D eigenvalue weighted by Crippen LogP contribution is -1.95. The van der Waals surface area contributed by atoms with E-state index in [1.165, 1.54) is 0 Å². The van der Waals surface area contributed by atoms with Gasteiger partial charge >= 0.3 is 0 Å². The van der Waals surface area contributed by atoms with E-state index >= 15 is 0 Å². The van der Waals surface area contributed by atoms with E-state index in [1.807, 2.05) is 0 Å². The van der Waals surface area contributed by atoms with Gasteiger partial charge in [-0.1, -0.05) is 0 Å². The lowest BCUT2D eigenvalue weighted by Gasteiger charge is -2.03. The van der Waals surface area contributed by atoms with Crippen molar-refractivity contribution in [2.75, 3.05) is 12.8 Å². The summed E-state index contributed by atoms with van der Waals surface area (Å²) in [7, 11) is 1.57. The van der Waals surface area contributed by atoms with Crippen molar-refractivity contribution in [3.8, 4) is 5.75 Å². The van der Waals surface area contributed by atoms with Gasteiger partial charge in [0.25, 0.3) is 0 Å². The molecule has 0 radical (unpaired) electrons. The van der Waals surface area contributed by atoms with E-state index in [9.17, 15) is 0 Å². The van der Waals surface area contributed by atoms with Crippen LogP contribution in [0, 0.1) is 3.57 Å². The Morgan fingerprint density at radius 2 is 2.30 bits per heavy atom. The first-order valence-electron chi connectivity index (χ1n) is 2.68. The van der Waals surface area contributed by atoms with Crippen molar-refractivity contribution < 1.29 is 4.74 Å². The number of nitrogens with two attached hydrogens (primary N) is 1. The highest BCUT2D eigenvalue weighted by Gasteiger charge is 2.00. The van der Waals surface area contributed by atoms with E-state index in [-0.39, 0.29) is 0 Å². The summed E-state index contributed by atoms with van der Waals surface area (Å²) in [6.45, 7) is 0. The van der Waals surface area contributed by atoms with Gasteiger partial charge in [0.05, 0.1) is 22.6 Å². The third kappa shape index (κ3) is 1.31. The first-order chi connectivity index (χ1) is 4.75. The van der Waals surface area contributed by atoms with Crippen molar-refractivity contribution >= 4 is 28.3 Å². The molecule has 0 aliphatic carbocycles. The van der Waals surface area contributed by atoms with E-state index in [0.717, 1.165) is 3.57 Å². The van der Waals surface area contributed by atoms with E-state index in [4.69, 9.17) is 10.5 Å². The number of nitrogens with zero attached hydrogens (tertiary/aromatic N) is 1. The van der Waals surface area contributed by atoms with Crippen LogP contribution < -0.4 is 10.5 Å². The quantitative estimate of drug-likeness (QED) is 0.763. The van der Waals surface area contributed by atoms with Crippen LogP contribution in [0.15, 0.2) is 12.4 Å². The molecule has 0 spiro atoms. The standard InChI is InChI=1S/C6H7IN2O/c1-10-5-3-9-2-4(7)6(5)8/h2-3H,1H3,(H2,8,9). The molecule has 1 aromatic heterocycles. The number of rotatable bonds is 1. The van der Waals surface area contributed by atoms with Gasteiger partial charge in [0, 0.05) is 6.20 Å². The molecule has 0 aliphatic rings. The number of hydrogen-bond donors (Lipinski definition) is 1. The Bertz CT molecular complexity index is 239. The van der Waals surface area contributed by atoms with Gasteiger partial charge in [-0.05, 0) is 22.6 Å². The zero-order valence-corrected chi connectivity index (χ0v) is 7.62. The summed E-state index contributed by atoms with van der Waals surface area (Å²) in [6.07, 6.45) is 3.29. The number of methoxy groups -OCH3 is 1. The van der Waals surface area contributed by atoms with Crippen LogP contribution in [0.4, 0.5) is 5.69 Å². The highest BCUT2D eigenvalue weighted by Crippen LogP contribution is 2.23. The van der Waals surface area contributed by atoms with Crippen LogP contribution in [0.25, 0.3) is 0 Å². The van der Waals surface area contributed by atoms with E-state index < -0.39 is 0 Å². The summed E-state index contributed by atoms with van der Waals surface area (Å²) in [4.78, 5) is 3.90. The van der Waals surface area contributed by atoms with Crippen LogP contribution in [0.3, 0.4) is 0 Å². The van der Waals surface area contributed by atoms with Gasteiger partial charge in [0.1, 0.15) is 0 Å². The zero-order valence-electron chi connectivity index (χ0n) is 5.47. The highest BCUT2D eigenvalue weighted by molar-refractivity contribution is 14.1. The van der Waals surface area contributed by atoms with Crippen molar-refractivity contribution in [1.29, 1.82) is 0 Å². The van der Waals surface area contributed by atoms with Crippen LogP contribution in [0.2, 0.25) is 0 Å². The van der Waals surface area contributed by atoms with Gasteiger partial charge in [0.15, 0.2) is 5.75 Å². The van der Waals surface area contributed by atoms with E-state index in [2.05, 4.69) is 27.6 Å². The van der Waals surface area contributed by atoms with Crippen LogP contribution in [0.1, 0.15) is 0 Å². The lowest BCUT2D eigenvalue weighted by molar-refractivity contribution is 0.415. The Hall–Kier alpha value is -0.520. The summed E-state index contributed by atoms with van der Waals surface area (Å²) in [6, 6.07) is 0. The predicted octanol–water partition coefficient (Wildman–Crippen LogP) is 1.28. The summed E-state index contributed by atoms with van der Waals surface area (Å²) < 4.78 is 5.85. The molecule has 0 saturated heterocycles. The average molecular weight is 250 g/mol. The van der Waals surface area contributed by atoms with E-state index in [1.54, 1.807) is 19.5 Å². The third-order valence-electron chi connectivity index (χ3n) is 1.12. The predicted molar refractivity (Wildman–Crippen MR) is 47.9 cm³/mol. The molecule has 4 heteroatoms. The fourth-order valence-electron chi connectivity index (χ4n) is 0.590. The highest BCUT2D eigenvalue weighted by atomic mass is 127. The third-order valence-corrected chi connectivity index (χ3v) is 1.98. The molecule has 1 aromatic rings. The number of anilines is 1. The SMILES string of the molecule is COc1cncc(I)c1N. The number of hydrogen-bond acceptors (Lipinski definition) is 3. The Kier molecular flexibility index (Phi) is 2.31. The minimum absolute atomic E-state index is 0.631. The molecule has 0 atom stereocenters. The van der Waals surface area contributed by atoms with Crippen molar-refractivity contribution in [3.05, 3.63) is 16.0 Å². The second kappa shape index (κ2) is 3.05. The second-order valence-electron chi connectivity index (χ2n) is 1.74. The van der Waals surface area contributed by atoms with Gasteiger partial charge in [0.2, 0.25) is 0 Å². The Labute approximate surface area is 72.7 Å². The largest absolute Gasteiger partial charge is 0.493 e. The number of halogens is 1. The van der Waals surface area contributed by atoms with Gasteiger partial charge < -0.3 is 10.5 Å². The molecule has 2 N–H and O–H groups in total. The maximum absolute atomic E-state index is 5.62. The van der Waals surface area contributed by atoms with Crippen LogP contribution in [-0.4, -0.2) is 12.1 Å². The molecule has 3 nitrogen and oxygen atoms in total. The maximum Gasteiger partial charge on any atom is 0.161 e. The van der Waals surface area contributed by atoms with Crippen molar-refractivity contribution in [3.63, 3.8) is 0 Å². The van der Waals surface area contributed by atoms with Gasteiger partial charge in [-0.25, -0.2) is 0 Å². The number of nitrogen functional groups attached to an aromatic ring is 1. The molecule has 0 saturated carbocycles. The van der Waals surface area contributed by atoms with E-state index in [0.29, 0.717) is 11.4 Å². The smallest absolute Gasteiger partial charge is 0.161 e. The minimum Gasteiger partial charge on any atom is -0.493 e. The fraction of sp³-hybridized carbons (Fsp3) is 0.167. The van der Waals surface area contributed by atoms with Gasteiger partial charge in [-0.15, -0.1) is 0 Å². The molecule has 0 aromatic carbocycles. The maximum atomic E-state index is 5.62. The number of ether oxygens (including phenoxy) is 1. The monoisotopic (exact) mass is 250 g/mol. The molecular formula is C6H7IN2O. The Morgan fingerprint density at radius 1 is 1.60 bits per heavy atom. The van der Waals surface area contributed by atoms with Crippen LogP contribution in [-0.2, 0) is 0 Å². The fourth-order valence-corrected chi connectivity index (χ4v) is 1.02. The number of aromatic nitrogens is 1. The molecule has 1 heterocycles. The molecule has 0 amide bonds. The second-order valence-corrected chi connectivity index (χ2v) is 2.90. The van der Waals surface area contributed by atoms with Gasteiger partial charge in [-0.3, -0.25) is 4.98 Å². The summed E-state index contributed by atoms with van der Waals surface area (Å²) in [5.41, 5.74) is 6.27. The first kappa shape index (κ1) is 7.59. The van der Waals surface area contributed by atoms with Crippen molar-refractivity contribution in [2.45, 2.75) is 0 Å². The zero-order chi connectivity index (χ0) is 7.56. The molecule has 0 fully saturated rings. The normalized spacial score (nSPS) is 9.40. The molecule has 0 unspecified atom stereocenters. The topological polar surface area (TPSA) is 48.1 Å². The molecule has 1 rings (SSSR count). The Morgan fingerprint density at radius 3 is 2.80 bits per heavy atom. The molecule has 0 bridgehead atoms. The molecule has 10 heavy (non-hydrogen) atoms. The molecule has 54 valence electrons. The average Bonchev–Trinajstić information content (AvgIpc) is 1.95. The summed E-state index contributed by atoms with van der Waals surface area (Å²) in [5, 5.41) is 0. The first-order valence-corrected chi connectivity index (χ1v) is 3.76. The van der Waals surface area contributed by atoms with Crippen LogP contribution >= 0.6 is 22.6 Å². The summed E-state index contributed by atoms with van der Waals surface area (Å²) in [5.74, 6) is 0.631.